The summed E-state index contributed by atoms with van der Waals surface area (Å²) < 4.78 is 1.47. The molecule has 0 atom stereocenters. The third kappa shape index (κ3) is 2.63. The first kappa shape index (κ1) is 16.0. The van der Waals surface area contributed by atoms with Crippen LogP contribution in [0.3, 0.4) is 0 Å². The highest BCUT2D eigenvalue weighted by Crippen LogP contribution is 2.27. The Bertz CT molecular complexity index is 1190. The van der Waals surface area contributed by atoms with Crippen LogP contribution in [0.2, 0.25) is 0 Å². The number of rotatable bonds is 3. The van der Waals surface area contributed by atoms with Gasteiger partial charge in [-0.2, -0.15) is 0 Å². The third-order valence-corrected chi connectivity index (χ3v) is 4.50. The molecule has 0 amide bonds. The minimum atomic E-state index is -0.436. The summed E-state index contributed by atoms with van der Waals surface area (Å²) in [6.07, 6.45) is 1.63. The highest BCUT2D eigenvalue weighted by molar-refractivity contribution is 5.92. The fourth-order valence-corrected chi connectivity index (χ4v) is 3.21. The molecule has 4 aromatic rings. The van der Waals surface area contributed by atoms with Crippen molar-refractivity contribution in [2.75, 3.05) is 0 Å². The fourth-order valence-electron chi connectivity index (χ4n) is 3.21. The van der Waals surface area contributed by atoms with Crippen molar-refractivity contribution in [3.63, 3.8) is 0 Å². The molecule has 26 heavy (non-hydrogen) atoms. The van der Waals surface area contributed by atoms with Gasteiger partial charge in [-0.1, -0.05) is 54.6 Å². The number of fused-ring (bicyclic) bond motifs is 1. The summed E-state index contributed by atoms with van der Waals surface area (Å²) in [5, 5.41) is 0.432. The van der Waals surface area contributed by atoms with E-state index < -0.39 is 11.2 Å². The smallest absolute Gasteiger partial charge is 0.278 e. The Morgan fingerprint density at radius 3 is 2.23 bits per heavy atom. The maximum absolute atomic E-state index is 12.4. The minimum Gasteiger partial charge on any atom is -0.278 e. The number of benzene rings is 2. The Labute approximate surface area is 149 Å². The average molecular weight is 343 g/mol. The molecular weight excluding hydrogens is 326 g/mol. The van der Waals surface area contributed by atoms with Crippen molar-refractivity contribution in [3.8, 4) is 22.3 Å². The van der Waals surface area contributed by atoms with E-state index in [0.717, 1.165) is 22.3 Å². The van der Waals surface area contributed by atoms with Crippen molar-refractivity contribution in [1.82, 2.24) is 14.5 Å². The summed E-state index contributed by atoms with van der Waals surface area (Å²) in [6, 6.07) is 19.9. The maximum atomic E-state index is 12.4. The molecule has 4 rings (SSSR count). The van der Waals surface area contributed by atoms with Crippen molar-refractivity contribution < 1.29 is 0 Å². The molecule has 5 heteroatoms. The van der Waals surface area contributed by atoms with Crippen LogP contribution in [0.15, 0.2) is 76.4 Å². The Kier molecular flexibility index (Phi) is 3.97. The molecule has 0 unspecified atom stereocenters. The number of H-pyrrole nitrogens is 1. The van der Waals surface area contributed by atoms with Crippen LogP contribution in [0.25, 0.3) is 33.3 Å². The normalized spacial score (nSPS) is 11.0. The predicted octanol–water partition coefficient (Wildman–Crippen LogP) is 3.44. The molecule has 0 bridgehead atoms. The van der Waals surface area contributed by atoms with Crippen molar-refractivity contribution in [1.29, 1.82) is 0 Å². The highest BCUT2D eigenvalue weighted by Gasteiger charge is 2.13. The Hall–Kier alpha value is -3.47. The molecule has 0 saturated heterocycles. The molecule has 0 saturated carbocycles. The van der Waals surface area contributed by atoms with E-state index in [0.29, 0.717) is 17.6 Å². The molecule has 0 fully saturated rings. The largest absolute Gasteiger partial charge is 0.329 e. The van der Waals surface area contributed by atoms with E-state index >= 15 is 0 Å². The Morgan fingerprint density at radius 2 is 1.54 bits per heavy atom. The molecule has 2 heterocycles. The first-order valence-electron chi connectivity index (χ1n) is 8.46. The second-order valence-corrected chi connectivity index (χ2v) is 6.00. The SMILES string of the molecule is CCn1c(=O)[nH]c(=O)c2c(-c3ccc(-c4ccccc4)cc3)ccnc21. The lowest BCUT2D eigenvalue weighted by atomic mass is 9.99. The standard InChI is InChI=1S/C21H17N3O2/c1-2-24-19-18(20(25)23-21(24)26)17(12-13-22-19)16-10-8-15(9-11-16)14-6-4-3-5-7-14/h3-13H,2H2,1H3,(H,23,25,26). The molecule has 2 aromatic heterocycles. The first-order chi connectivity index (χ1) is 12.7. The van der Waals surface area contributed by atoms with Gasteiger partial charge in [0.05, 0.1) is 5.39 Å². The third-order valence-electron chi connectivity index (χ3n) is 4.50. The lowest BCUT2D eigenvalue weighted by Gasteiger charge is -2.10. The lowest BCUT2D eigenvalue weighted by molar-refractivity contribution is 0.718. The van der Waals surface area contributed by atoms with E-state index in [4.69, 9.17) is 0 Å². The van der Waals surface area contributed by atoms with Gasteiger partial charge < -0.3 is 0 Å². The molecule has 0 aliphatic heterocycles. The second-order valence-electron chi connectivity index (χ2n) is 6.00. The maximum Gasteiger partial charge on any atom is 0.329 e. The van der Waals surface area contributed by atoms with Crippen LogP contribution < -0.4 is 11.2 Å². The van der Waals surface area contributed by atoms with Crippen LogP contribution in [-0.4, -0.2) is 14.5 Å². The quantitative estimate of drug-likeness (QED) is 0.619. The summed E-state index contributed by atoms with van der Waals surface area (Å²) in [4.78, 5) is 31.1. The van der Waals surface area contributed by atoms with Crippen molar-refractivity contribution >= 4 is 11.0 Å². The number of pyridine rings is 1. The molecule has 0 radical (unpaired) electrons. The summed E-state index contributed by atoms with van der Waals surface area (Å²) in [5.74, 6) is 0. The highest BCUT2D eigenvalue weighted by atomic mass is 16.2. The Morgan fingerprint density at radius 1 is 0.885 bits per heavy atom. The molecule has 0 aliphatic rings. The number of aromatic nitrogens is 3. The van der Waals surface area contributed by atoms with Gasteiger partial charge >= 0.3 is 5.69 Å². The molecular formula is C21H17N3O2. The number of nitrogens with zero attached hydrogens (tertiary/aromatic N) is 2. The van der Waals surface area contributed by atoms with Gasteiger partial charge in [-0.15, -0.1) is 0 Å². The van der Waals surface area contributed by atoms with Crippen molar-refractivity contribution in [3.05, 3.63) is 87.7 Å². The number of hydrogen-bond donors (Lipinski definition) is 1. The van der Waals surface area contributed by atoms with E-state index in [1.165, 1.54) is 4.57 Å². The number of nitrogens with one attached hydrogen (secondary N) is 1. The zero-order valence-corrected chi connectivity index (χ0v) is 14.3. The summed E-state index contributed by atoms with van der Waals surface area (Å²) in [6.45, 7) is 2.29. The fraction of sp³-hybridized carbons (Fsp3) is 0.0952. The van der Waals surface area contributed by atoms with E-state index in [2.05, 4.69) is 22.1 Å². The average Bonchev–Trinajstić information content (AvgIpc) is 2.68. The monoisotopic (exact) mass is 343 g/mol. The summed E-state index contributed by atoms with van der Waals surface area (Å²) in [7, 11) is 0. The zero-order valence-electron chi connectivity index (χ0n) is 14.3. The molecule has 0 aliphatic carbocycles. The predicted molar refractivity (Wildman–Crippen MR) is 103 cm³/mol. The van der Waals surface area contributed by atoms with Crippen molar-refractivity contribution in [2.45, 2.75) is 13.5 Å². The molecule has 5 nitrogen and oxygen atoms in total. The topological polar surface area (TPSA) is 67.8 Å². The second kappa shape index (κ2) is 6.44. The van der Waals surface area contributed by atoms with Crippen LogP contribution in [0.5, 0.6) is 0 Å². The number of hydrogen-bond acceptors (Lipinski definition) is 3. The van der Waals surface area contributed by atoms with Crippen molar-refractivity contribution in [2.24, 2.45) is 0 Å². The van der Waals surface area contributed by atoms with Crippen LogP contribution in [0.4, 0.5) is 0 Å². The molecule has 2 aromatic carbocycles. The van der Waals surface area contributed by atoms with Gasteiger partial charge in [-0.25, -0.2) is 9.78 Å². The minimum absolute atomic E-state index is 0.408. The van der Waals surface area contributed by atoms with Gasteiger partial charge in [0.25, 0.3) is 5.56 Å². The first-order valence-corrected chi connectivity index (χ1v) is 8.46. The van der Waals surface area contributed by atoms with Crippen LogP contribution in [0.1, 0.15) is 6.92 Å². The molecule has 1 N–H and O–H groups in total. The van der Waals surface area contributed by atoms with E-state index in [9.17, 15) is 9.59 Å². The van der Waals surface area contributed by atoms with Crippen LogP contribution in [-0.2, 0) is 6.54 Å². The van der Waals surface area contributed by atoms with Gasteiger partial charge in [0.15, 0.2) is 0 Å². The number of aryl methyl sites for hydroxylation is 1. The van der Waals surface area contributed by atoms with Crippen LogP contribution in [0, 0.1) is 0 Å². The van der Waals surface area contributed by atoms with E-state index in [1.807, 2.05) is 49.4 Å². The van der Waals surface area contributed by atoms with Gasteiger partial charge in [0, 0.05) is 12.7 Å². The Balaban J connectivity index is 1.90. The molecule has 128 valence electrons. The van der Waals surface area contributed by atoms with Gasteiger partial charge in [0.2, 0.25) is 0 Å². The lowest BCUT2D eigenvalue weighted by Crippen LogP contribution is -2.30. The van der Waals surface area contributed by atoms with Gasteiger partial charge in [-0.3, -0.25) is 14.3 Å². The van der Waals surface area contributed by atoms with Gasteiger partial charge in [-0.05, 0) is 35.2 Å². The van der Waals surface area contributed by atoms with E-state index in [1.54, 1.807) is 12.3 Å². The number of aromatic amines is 1. The van der Waals surface area contributed by atoms with Gasteiger partial charge in [0.1, 0.15) is 5.65 Å². The zero-order chi connectivity index (χ0) is 18.1. The summed E-state index contributed by atoms with van der Waals surface area (Å²) in [5.41, 5.74) is 3.47. The van der Waals surface area contributed by atoms with E-state index in [-0.39, 0.29) is 0 Å². The van der Waals surface area contributed by atoms with Crippen LogP contribution >= 0.6 is 0 Å². The summed E-state index contributed by atoms with van der Waals surface area (Å²) >= 11 is 0. The molecule has 0 spiro atoms.